The smallest absolute Gasteiger partial charge is 0.0991 e. The molecule has 0 saturated carbocycles. The average Bonchev–Trinajstić information content (AvgIpc) is 3.13. The highest BCUT2D eigenvalue weighted by Crippen LogP contribution is 2.26. The second kappa shape index (κ2) is 8.41. The predicted molar refractivity (Wildman–Crippen MR) is 96.9 cm³/mol. The Hall–Kier alpha value is -1.71. The van der Waals surface area contributed by atoms with Crippen LogP contribution >= 0.6 is 11.3 Å². The van der Waals surface area contributed by atoms with E-state index in [-0.39, 0.29) is 0 Å². The number of thiophene rings is 1. The average molecular weight is 341 g/mol. The third kappa shape index (κ3) is 4.43. The molecule has 1 aromatic carbocycles. The predicted octanol–water partition coefficient (Wildman–Crippen LogP) is 3.17. The minimum atomic E-state index is 0.291. The van der Waals surface area contributed by atoms with Gasteiger partial charge in [-0.3, -0.25) is 4.90 Å². The zero-order valence-corrected chi connectivity index (χ0v) is 14.8. The van der Waals surface area contributed by atoms with Crippen LogP contribution in [0.2, 0.25) is 0 Å². The molecule has 1 aliphatic heterocycles. The van der Waals surface area contributed by atoms with Crippen molar-refractivity contribution in [2.75, 3.05) is 26.2 Å². The van der Waals surface area contributed by atoms with Gasteiger partial charge in [-0.25, -0.2) is 0 Å². The van der Waals surface area contributed by atoms with Crippen LogP contribution in [0.1, 0.15) is 29.0 Å². The van der Waals surface area contributed by atoms with Crippen LogP contribution in [0.5, 0.6) is 0 Å². The Morgan fingerprint density at radius 3 is 2.88 bits per heavy atom. The van der Waals surface area contributed by atoms with Gasteiger partial charge in [0.05, 0.1) is 30.4 Å². The summed E-state index contributed by atoms with van der Waals surface area (Å²) in [6.45, 7) is 6.62. The molecule has 1 aliphatic rings. The third-order valence-corrected chi connectivity index (χ3v) is 5.31. The summed E-state index contributed by atoms with van der Waals surface area (Å²) < 4.78 is 5.69. The Labute approximate surface area is 147 Å². The molecule has 1 aromatic heterocycles. The Morgan fingerprint density at radius 2 is 2.21 bits per heavy atom. The summed E-state index contributed by atoms with van der Waals surface area (Å²) in [7, 11) is 0. The van der Waals surface area contributed by atoms with Gasteiger partial charge in [-0.2, -0.15) is 5.26 Å². The first-order valence-corrected chi connectivity index (χ1v) is 9.23. The van der Waals surface area contributed by atoms with Gasteiger partial charge in [0.1, 0.15) is 0 Å². The lowest BCUT2D eigenvalue weighted by Crippen LogP contribution is -2.45. The first-order valence-electron chi connectivity index (χ1n) is 8.35. The quantitative estimate of drug-likeness (QED) is 0.877. The normalized spacial score (nSPS) is 19.8. The van der Waals surface area contributed by atoms with E-state index in [1.807, 2.05) is 35.6 Å². The van der Waals surface area contributed by atoms with Crippen molar-refractivity contribution in [1.82, 2.24) is 10.2 Å². The molecule has 1 N–H and O–H groups in total. The summed E-state index contributed by atoms with van der Waals surface area (Å²) in [4.78, 5) is 3.92. The van der Waals surface area contributed by atoms with Crippen LogP contribution in [0.3, 0.4) is 0 Å². The Bertz CT molecular complexity index is 663. The molecule has 2 aromatic rings. The highest BCUT2D eigenvalue weighted by atomic mass is 32.1. The molecular formula is C19H23N3OS. The van der Waals surface area contributed by atoms with Gasteiger partial charge < -0.3 is 10.1 Å². The number of rotatable bonds is 6. The lowest BCUT2D eigenvalue weighted by Gasteiger charge is -2.37. The molecule has 0 unspecified atom stereocenters. The zero-order chi connectivity index (χ0) is 16.8. The van der Waals surface area contributed by atoms with Gasteiger partial charge >= 0.3 is 0 Å². The highest BCUT2D eigenvalue weighted by molar-refractivity contribution is 7.10. The number of morpholine rings is 1. The summed E-state index contributed by atoms with van der Waals surface area (Å²) in [5, 5.41) is 14.6. The minimum absolute atomic E-state index is 0.291. The Balaban J connectivity index is 1.60. The molecule has 3 rings (SSSR count). The van der Waals surface area contributed by atoms with Gasteiger partial charge in [0.2, 0.25) is 0 Å². The van der Waals surface area contributed by atoms with E-state index in [0.717, 1.165) is 32.8 Å². The van der Waals surface area contributed by atoms with Crippen LogP contribution in [0.15, 0.2) is 41.8 Å². The van der Waals surface area contributed by atoms with Gasteiger partial charge in [0, 0.05) is 31.1 Å². The Morgan fingerprint density at radius 1 is 1.38 bits per heavy atom. The van der Waals surface area contributed by atoms with Crippen LogP contribution in [0.25, 0.3) is 0 Å². The maximum absolute atomic E-state index is 8.87. The fourth-order valence-electron chi connectivity index (χ4n) is 3.07. The largest absolute Gasteiger partial charge is 0.376 e. The van der Waals surface area contributed by atoms with Crippen LogP contribution in [-0.2, 0) is 11.3 Å². The van der Waals surface area contributed by atoms with Gasteiger partial charge in [0.25, 0.3) is 0 Å². The van der Waals surface area contributed by atoms with Gasteiger partial charge in [-0.1, -0.05) is 18.2 Å². The molecule has 2 atom stereocenters. The fraction of sp³-hybridized carbons (Fsp3) is 0.421. The molecular weight excluding hydrogens is 318 g/mol. The standard InChI is InChI=1S/C19H23N3OS/c1-15-14-22(8-9-23-15)18(19-3-2-10-24-19)13-21-12-17-6-4-16(11-20)5-7-17/h2-7,10,15,18,21H,8-9,12-14H2,1H3/t15-,18+/m1/s1. The summed E-state index contributed by atoms with van der Waals surface area (Å²) in [6.07, 6.45) is 0.291. The molecule has 0 amide bonds. The van der Waals surface area contributed by atoms with Crippen molar-refractivity contribution in [1.29, 1.82) is 5.26 Å². The Kier molecular flexibility index (Phi) is 6.00. The van der Waals surface area contributed by atoms with Gasteiger partial charge in [0.15, 0.2) is 0 Å². The van der Waals surface area contributed by atoms with Gasteiger partial charge in [-0.15, -0.1) is 11.3 Å². The summed E-state index contributed by atoms with van der Waals surface area (Å²) in [6, 6.07) is 14.7. The minimum Gasteiger partial charge on any atom is -0.376 e. The van der Waals surface area contributed by atoms with Crippen molar-refractivity contribution in [2.45, 2.75) is 25.6 Å². The molecule has 5 heteroatoms. The van der Waals surface area contributed by atoms with E-state index in [1.54, 1.807) is 0 Å². The third-order valence-electron chi connectivity index (χ3n) is 4.33. The topological polar surface area (TPSA) is 48.3 Å². The maximum atomic E-state index is 8.87. The molecule has 4 nitrogen and oxygen atoms in total. The second-order valence-electron chi connectivity index (χ2n) is 6.15. The van der Waals surface area contributed by atoms with Crippen LogP contribution in [-0.4, -0.2) is 37.2 Å². The van der Waals surface area contributed by atoms with E-state index in [1.165, 1.54) is 10.4 Å². The van der Waals surface area contributed by atoms with Crippen LogP contribution < -0.4 is 5.32 Å². The maximum Gasteiger partial charge on any atom is 0.0991 e. The molecule has 24 heavy (non-hydrogen) atoms. The number of nitriles is 1. The lowest BCUT2D eigenvalue weighted by atomic mass is 10.1. The van der Waals surface area contributed by atoms with Crippen molar-refractivity contribution in [2.24, 2.45) is 0 Å². The lowest BCUT2D eigenvalue weighted by molar-refractivity contribution is -0.0339. The fourth-order valence-corrected chi connectivity index (χ4v) is 3.93. The van der Waals surface area contributed by atoms with Crippen molar-refractivity contribution >= 4 is 11.3 Å². The number of ether oxygens (including phenoxy) is 1. The number of benzene rings is 1. The molecule has 1 fully saturated rings. The first-order chi connectivity index (χ1) is 11.8. The van der Waals surface area contributed by atoms with Crippen LogP contribution in [0, 0.1) is 11.3 Å². The summed E-state index contributed by atoms with van der Waals surface area (Å²) in [5.41, 5.74) is 1.91. The van der Waals surface area contributed by atoms with Crippen LogP contribution in [0.4, 0.5) is 0 Å². The molecule has 126 valence electrons. The summed E-state index contributed by atoms with van der Waals surface area (Å²) in [5.74, 6) is 0. The van der Waals surface area contributed by atoms with E-state index in [9.17, 15) is 0 Å². The SMILES string of the molecule is C[C@@H]1CN([C@@H](CNCc2ccc(C#N)cc2)c2cccs2)CCO1. The molecule has 0 spiro atoms. The molecule has 1 saturated heterocycles. The summed E-state index contributed by atoms with van der Waals surface area (Å²) >= 11 is 1.82. The molecule has 2 heterocycles. The second-order valence-corrected chi connectivity index (χ2v) is 7.13. The molecule has 0 bridgehead atoms. The van der Waals surface area contributed by atoms with E-state index in [0.29, 0.717) is 17.7 Å². The van der Waals surface area contributed by atoms with Crippen molar-refractivity contribution < 1.29 is 4.74 Å². The van der Waals surface area contributed by atoms with E-state index in [4.69, 9.17) is 10.00 Å². The monoisotopic (exact) mass is 341 g/mol. The highest BCUT2D eigenvalue weighted by Gasteiger charge is 2.25. The number of nitrogens with one attached hydrogen (secondary N) is 1. The van der Waals surface area contributed by atoms with Crippen molar-refractivity contribution in [3.05, 3.63) is 57.8 Å². The van der Waals surface area contributed by atoms with Gasteiger partial charge in [-0.05, 0) is 36.1 Å². The van der Waals surface area contributed by atoms with E-state index < -0.39 is 0 Å². The number of hydrogen-bond donors (Lipinski definition) is 1. The van der Waals surface area contributed by atoms with Crippen molar-refractivity contribution in [3.8, 4) is 6.07 Å². The zero-order valence-electron chi connectivity index (χ0n) is 13.9. The van der Waals surface area contributed by atoms with E-state index in [2.05, 4.69) is 40.7 Å². The number of hydrogen-bond acceptors (Lipinski definition) is 5. The van der Waals surface area contributed by atoms with E-state index >= 15 is 0 Å². The molecule has 0 aliphatic carbocycles. The van der Waals surface area contributed by atoms with Crippen molar-refractivity contribution in [3.63, 3.8) is 0 Å². The number of nitrogens with zero attached hydrogens (tertiary/aromatic N) is 2. The molecule has 0 radical (unpaired) electrons. The first kappa shape index (κ1) is 17.1.